The average molecular weight is 397 g/mol. The van der Waals surface area contributed by atoms with Crippen LogP contribution in [-0.2, 0) is 13.8 Å². The third-order valence-corrected chi connectivity index (χ3v) is 4.08. The summed E-state index contributed by atoms with van der Waals surface area (Å²) in [5, 5.41) is 10.7. The number of hydrogen-bond donors (Lipinski definition) is 1. The van der Waals surface area contributed by atoms with Crippen molar-refractivity contribution in [2.75, 3.05) is 13.7 Å². The van der Waals surface area contributed by atoms with Gasteiger partial charge in [0.2, 0.25) is 0 Å². The maximum absolute atomic E-state index is 12.0. The van der Waals surface area contributed by atoms with Crippen molar-refractivity contribution in [3.63, 3.8) is 0 Å². The van der Waals surface area contributed by atoms with E-state index >= 15 is 0 Å². The van der Waals surface area contributed by atoms with E-state index in [-0.39, 0.29) is 17.0 Å². The fourth-order valence-corrected chi connectivity index (χ4v) is 2.45. The van der Waals surface area contributed by atoms with Gasteiger partial charge in [0, 0.05) is 23.3 Å². The van der Waals surface area contributed by atoms with Gasteiger partial charge in [0.1, 0.15) is 12.4 Å². The smallest absolute Gasteiger partial charge is 0.497 e. The molecule has 0 aliphatic carbocycles. The van der Waals surface area contributed by atoms with E-state index in [4.69, 9.17) is 9.62 Å². The fourth-order valence-electron chi connectivity index (χ4n) is 1.95. The largest absolute Gasteiger partial charge is 0.508 e. The molecule has 0 aliphatic rings. The summed E-state index contributed by atoms with van der Waals surface area (Å²) in [6, 6.07) is 9.62. The van der Waals surface area contributed by atoms with Crippen molar-refractivity contribution in [2.45, 2.75) is 6.92 Å². The van der Waals surface area contributed by atoms with Crippen LogP contribution in [-0.4, -0.2) is 29.3 Å². The normalized spacial score (nSPS) is 12.9. The summed E-state index contributed by atoms with van der Waals surface area (Å²) in [6.07, 6.45) is 0. The first-order chi connectivity index (χ1) is 12.7. The first kappa shape index (κ1) is 20.5. The Hall–Kier alpha value is -2.78. The molecular formula is C16H16NO9P. The summed E-state index contributed by atoms with van der Waals surface area (Å²) >= 11 is 0. The van der Waals surface area contributed by atoms with Gasteiger partial charge in [-0.1, -0.05) is 4.67 Å². The minimum atomic E-state index is -4.70. The number of non-ortho nitro benzene ring substituents is 1. The number of Topliss-reactive ketones (excluding diaryl/α,β-unsaturated/α-hetero) is 1. The summed E-state index contributed by atoms with van der Waals surface area (Å²) in [6.45, 7) is 0.769. The molecule has 0 spiro atoms. The molecule has 0 aliphatic heterocycles. The molecule has 2 rings (SSSR count). The van der Waals surface area contributed by atoms with Crippen molar-refractivity contribution < 1.29 is 38.0 Å². The Labute approximate surface area is 153 Å². The Bertz CT molecular complexity index is 882. The lowest BCUT2D eigenvalue weighted by Gasteiger charge is -2.12. The standard InChI is InChI=1S/C16H16NO9P/c1-11-9-13(17(19)20)5-8-16(11)25-26-27(21,22)24-10-15(18)12-3-6-14(23-2)7-4-12/h3-9H,10H2,1-2H3,(H,21,22). The van der Waals surface area contributed by atoms with E-state index in [1.807, 2.05) is 0 Å². The average Bonchev–Trinajstić information content (AvgIpc) is 2.65. The zero-order valence-electron chi connectivity index (χ0n) is 14.4. The molecule has 1 N–H and O–H groups in total. The van der Waals surface area contributed by atoms with Gasteiger partial charge in [0.25, 0.3) is 5.69 Å². The van der Waals surface area contributed by atoms with Gasteiger partial charge in [-0.25, -0.2) is 4.57 Å². The highest BCUT2D eigenvalue weighted by molar-refractivity contribution is 7.47. The van der Waals surface area contributed by atoms with Crippen molar-refractivity contribution >= 4 is 19.3 Å². The molecule has 0 radical (unpaired) electrons. The van der Waals surface area contributed by atoms with Crippen LogP contribution in [0.15, 0.2) is 42.5 Å². The summed E-state index contributed by atoms with van der Waals surface area (Å²) in [5.74, 6) is -0.0162. The van der Waals surface area contributed by atoms with Crippen LogP contribution >= 0.6 is 7.82 Å². The molecule has 1 atom stereocenters. The maximum Gasteiger partial charge on any atom is 0.508 e. The zero-order chi connectivity index (χ0) is 20.0. The van der Waals surface area contributed by atoms with Gasteiger partial charge in [-0.2, -0.15) is 0 Å². The molecule has 0 bridgehead atoms. The van der Waals surface area contributed by atoms with Crippen LogP contribution in [0.1, 0.15) is 15.9 Å². The minimum Gasteiger partial charge on any atom is -0.497 e. The second kappa shape index (κ2) is 8.74. The second-order valence-electron chi connectivity index (χ2n) is 5.26. The monoisotopic (exact) mass is 397 g/mol. The van der Waals surface area contributed by atoms with Gasteiger partial charge in [0.05, 0.1) is 12.0 Å². The number of phosphoric ester groups is 1. The lowest BCUT2D eigenvalue weighted by atomic mass is 10.1. The van der Waals surface area contributed by atoms with Crippen molar-refractivity contribution in [3.8, 4) is 11.5 Å². The summed E-state index contributed by atoms with van der Waals surface area (Å²) < 4.78 is 25.7. The van der Waals surface area contributed by atoms with Gasteiger partial charge >= 0.3 is 7.82 Å². The lowest BCUT2D eigenvalue weighted by molar-refractivity contribution is -0.385. The Morgan fingerprint density at radius 3 is 2.44 bits per heavy atom. The number of benzene rings is 2. The Morgan fingerprint density at radius 2 is 1.89 bits per heavy atom. The van der Waals surface area contributed by atoms with E-state index in [0.29, 0.717) is 11.3 Å². The number of nitro groups is 1. The number of nitro benzene ring substituents is 1. The number of ketones is 1. The van der Waals surface area contributed by atoms with Crippen LogP contribution in [0.3, 0.4) is 0 Å². The van der Waals surface area contributed by atoms with Crippen LogP contribution < -0.4 is 9.62 Å². The van der Waals surface area contributed by atoms with E-state index in [1.54, 1.807) is 12.1 Å². The molecule has 0 heterocycles. The van der Waals surface area contributed by atoms with Gasteiger partial charge in [0.15, 0.2) is 11.5 Å². The molecule has 1 unspecified atom stereocenters. The number of methoxy groups -OCH3 is 1. The third-order valence-electron chi connectivity index (χ3n) is 3.36. The number of phosphoric acid groups is 1. The number of hydrogen-bond acceptors (Lipinski definition) is 8. The summed E-state index contributed by atoms with van der Waals surface area (Å²) in [4.78, 5) is 36.4. The SMILES string of the molecule is COc1ccc(C(=O)COP(=O)(O)OOc2ccc([N+](=O)[O-])cc2C)cc1. The molecule has 0 fully saturated rings. The lowest BCUT2D eigenvalue weighted by Crippen LogP contribution is -2.10. The zero-order valence-corrected chi connectivity index (χ0v) is 15.3. The second-order valence-corrected chi connectivity index (χ2v) is 6.60. The number of carbonyl (C=O) groups is 1. The van der Waals surface area contributed by atoms with Crippen LogP contribution in [0.2, 0.25) is 0 Å². The molecule has 11 heteroatoms. The first-order valence-electron chi connectivity index (χ1n) is 7.48. The third kappa shape index (κ3) is 5.87. The number of ether oxygens (including phenoxy) is 1. The predicted octanol–water partition coefficient (Wildman–Crippen LogP) is 3.22. The molecule has 2 aromatic rings. The number of rotatable bonds is 9. The predicted molar refractivity (Wildman–Crippen MR) is 92.6 cm³/mol. The van der Waals surface area contributed by atoms with Crippen molar-refractivity contribution in [1.29, 1.82) is 0 Å². The Morgan fingerprint density at radius 1 is 1.22 bits per heavy atom. The molecule has 0 aromatic heterocycles. The van der Waals surface area contributed by atoms with E-state index in [9.17, 15) is 24.4 Å². The van der Waals surface area contributed by atoms with E-state index in [2.05, 4.69) is 9.20 Å². The van der Waals surface area contributed by atoms with Gasteiger partial charge in [-0.05, 0) is 37.3 Å². The van der Waals surface area contributed by atoms with Gasteiger partial charge < -0.3 is 14.5 Å². The van der Waals surface area contributed by atoms with Crippen molar-refractivity contribution in [2.24, 2.45) is 0 Å². The maximum atomic E-state index is 12.0. The summed E-state index contributed by atoms with van der Waals surface area (Å²) in [7, 11) is -3.22. The van der Waals surface area contributed by atoms with Crippen LogP contribution in [0, 0.1) is 17.0 Å². The highest BCUT2D eigenvalue weighted by Crippen LogP contribution is 2.44. The van der Waals surface area contributed by atoms with Crippen LogP contribution in [0.25, 0.3) is 0 Å². The molecule has 0 amide bonds. The number of aryl methyl sites for hydroxylation is 1. The molecule has 10 nitrogen and oxygen atoms in total. The van der Waals surface area contributed by atoms with E-state index in [0.717, 1.165) is 6.07 Å². The summed E-state index contributed by atoms with van der Waals surface area (Å²) in [5.41, 5.74) is 0.384. The number of nitrogens with zero attached hydrogens (tertiary/aromatic N) is 1. The van der Waals surface area contributed by atoms with E-state index in [1.165, 1.54) is 38.3 Å². The molecule has 0 saturated heterocycles. The molecule has 144 valence electrons. The quantitative estimate of drug-likeness (QED) is 0.222. The van der Waals surface area contributed by atoms with Gasteiger partial charge in [-0.3, -0.25) is 19.4 Å². The molecule has 0 saturated carbocycles. The van der Waals surface area contributed by atoms with Crippen molar-refractivity contribution in [1.82, 2.24) is 0 Å². The minimum absolute atomic E-state index is 0.0139. The Kier molecular flexibility index (Phi) is 6.65. The van der Waals surface area contributed by atoms with E-state index < -0.39 is 25.1 Å². The molecule has 27 heavy (non-hydrogen) atoms. The highest BCUT2D eigenvalue weighted by atomic mass is 31.2. The van der Waals surface area contributed by atoms with Gasteiger partial charge in [-0.15, -0.1) is 0 Å². The molecule has 2 aromatic carbocycles. The number of carbonyl (C=O) groups excluding carboxylic acids is 1. The van der Waals surface area contributed by atoms with Crippen LogP contribution in [0.5, 0.6) is 11.5 Å². The van der Waals surface area contributed by atoms with Crippen molar-refractivity contribution in [3.05, 3.63) is 63.7 Å². The fraction of sp³-hybridized carbons (Fsp3) is 0.188. The highest BCUT2D eigenvalue weighted by Gasteiger charge is 2.26. The van der Waals surface area contributed by atoms with Crippen LogP contribution in [0.4, 0.5) is 5.69 Å². The molecular weight excluding hydrogens is 381 g/mol. The topological polar surface area (TPSA) is 134 Å². The first-order valence-corrected chi connectivity index (χ1v) is 8.97. The Balaban J connectivity index is 1.91.